The molecule has 2 aromatic carbocycles. The fourth-order valence-electron chi connectivity index (χ4n) is 3.07. The third kappa shape index (κ3) is 5.94. The Kier molecular flexibility index (Phi) is 7.63. The fourth-order valence-corrected chi connectivity index (χ4v) is 3.97. The maximum atomic E-state index is 13.0. The smallest absolute Gasteiger partial charge is 0.260 e. The summed E-state index contributed by atoms with van der Waals surface area (Å²) in [6.45, 7) is 3.05. The highest BCUT2D eigenvalue weighted by Crippen LogP contribution is 2.23. The van der Waals surface area contributed by atoms with Crippen molar-refractivity contribution < 1.29 is 19.1 Å². The number of rotatable bonds is 10. The van der Waals surface area contributed by atoms with Crippen molar-refractivity contribution in [3.05, 3.63) is 81.5 Å². The van der Waals surface area contributed by atoms with Crippen LogP contribution in [0.15, 0.2) is 60.7 Å². The summed E-state index contributed by atoms with van der Waals surface area (Å²) >= 11 is 1.68. The maximum Gasteiger partial charge on any atom is 0.260 e. The number of carbonyl (C=O) groups is 2. The second-order valence-corrected chi connectivity index (χ2v) is 8.25. The number of methoxy groups -OCH3 is 1. The van der Waals surface area contributed by atoms with Crippen LogP contribution in [0.4, 0.5) is 0 Å². The van der Waals surface area contributed by atoms with Gasteiger partial charge < -0.3 is 14.4 Å². The molecule has 0 aliphatic rings. The van der Waals surface area contributed by atoms with Gasteiger partial charge in [-0.1, -0.05) is 30.3 Å². The molecule has 0 spiro atoms. The van der Waals surface area contributed by atoms with Crippen molar-refractivity contribution in [1.29, 1.82) is 0 Å². The molecule has 1 aromatic heterocycles. The first kappa shape index (κ1) is 21.6. The molecule has 3 rings (SSSR count). The minimum absolute atomic E-state index is 0.121. The van der Waals surface area contributed by atoms with E-state index in [9.17, 15) is 9.59 Å². The Morgan fingerprint density at radius 3 is 2.57 bits per heavy atom. The average molecular weight is 424 g/mol. The van der Waals surface area contributed by atoms with Crippen LogP contribution in [0.5, 0.6) is 11.5 Å². The summed E-state index contributed by atoms with van der Waals surface area (Å²) in [7, 11) is 1.53. The molecule has 0 aliphatic carbocycles. The van der Waals surface area contributed by atoms with Crippen molar-refractivity contribution in [2.45, 2.75) is 19.9 Å². The van der Waals surface area contributed by atoms with Crippen LogP contribution in [0.3, 0.4) is 0 Å². The van der Waals surface area contributed by atoms with Crippen molar-refractivity contribution in [3.63, 3.8) is 0 Å². The third-order valence-electron chi connectivity index (χ3n) is 4.70. The Hall–Kier alpha value is -3.12. The van der Waals surface area contributed by atoms with Gasteiger partial charge in [-0.3, -0.25) is 9.59 Å². The molecule has 1 amide bonds. The lowest BCUT2D eigenvalue weighted by Crippen LogP contribution is -2.36. The van der Waals surface area contributed by atoms with Gasteiger partial charge in [-0.2, -0.15) is 0 Å². The van der Waals surface area contributed by atoms with E-state index in [-0.39, 0.29) is 12.5 Å². The number of benzene rings is 2. The van der Waals surface area contributed by atoms with Gasteiger partial charge in [-0.05, 0) is 49.2 Å². The van der Waals surface area contributed by atoms with Gasteiger partial charge in [-0.15, -0.1) is 11.3 Å². The molecule has 30 heavy (non-hydrogen) atoms. The van der Waals surface area contributed by atoms with E-state index in [1.54, 1.807) is 29.5 Å². The SMILES string of the molecule is COc1ccc(OCC(=O)N(CCc2ccccc2)Cc2ccc(C)s2)c(C=O)c1. The number of hydrogen-bond acceptors (Lipinski definition) is 5. The number of aldehydes is 1. The highest BCUT2D eigenvalue weighted by atomic mass is 32.1. The largest absolute Gasteiger partial charge is 0.497 e. The molecule has 0 aliphatic heterocycles. The quantitative estimate of drug-likeness (QED) is 0.450. The zero-order chi connectivity index (χ0) is 21.3. The van der Waals surface area contributed by atoms with Crippen molar-refractivity contribution in [2.24, 2.45) is 0 Å². The normalized spacial score (nSPS) is 10.5. The summed E-state index contributed by atoms with van der Waals surface area (Å²) in [5, 5.41) is 0. The zero-order valence-corrected chi connectivity index (χ0v) is 18.0. The summed E-state index contributed by atoms with van der Waals surface area (Å²) < 4.78 is 10.8. The molecule has 3 aromatic rings. The van der Waals surface area contributed by atoms with E-state index in [4.69, 9.17) is 9.47 Å². The second-order valence-electron chi connectivity index (χ2n) is 6.87. The number of amides is 1. The molecule has 0 radical (unpaired) electrons. The molecule has 0 saturated carbocycles. The van der Waals surface area contributed by atoms with E-state index in [0.29, 0.717) is 36.4 Å². The monoisotopic (exact) mass is 423 g/mol. The molecular formula is C24H25NO4S. The molecular weight excluding hydrogens is 398 g/mol. The van der Waals surface area contributed by atoms with Crippen LogP contribution in [0.1, 0.15) is 25.7 Å². The van der Waals surface area contributed by atoms with Crippen LogP contribution in [-0.2, 0) is 17.8 Å². The first-order valence-corrected chi connectivity index (χ1v) is 10.5. The summed E-state index contributed by atoms with van der Waals surface area (Å²) in [4.78, 5) is 28.5. The molecule has 0 bridgehead atoms. The van der Waals surface area contributed by atoms with Gasteiger partial charge in [0.1, 0.15) is 11.5 Å². The van der Waals surface area contributed by atoms with Gasteiger partial charge in [0.25, 0.3) is 5.91 Å². The fraction of sp³-hybridized carbons (Fsp3) is 0.250. The Balaban J connectivity index is 1.68. The lowest BCUT2D eigenvalue weighted by molar-refractivity contribution is -0.133. The third-order valence-corrected chi connectivity index (χ3v) is 5.69. The van der Waals surface area contributed by atoms with Crippen LogP contribution in [0.25, 0.3) is 0 Å². The van der Waals surface area contributed by atoms with Gasteiger partial charge in [-0.25, -0.2) is 0 Å². The first-order valence-electron chi connectivity index (χ1n) is 9.72. The van der Waals surface area contributed by atoms with Gasteiger partial charge in [0, 0.05) is 16.3 Å². The predicted octanol–water partition coefficient (Wildman–Crippen LogP) is 4.53. The van der Waals surface area contributed by atoms with Crippen LogP contribution < -0.4 is 9.47 Å². The lowest BCUT2D eigenvalue weighted by Gasteiger charge is -2.22. The number of carbonyl (C=O) groups excluding carboxylic acids is 2. The topological polar surface area (TPSA) is 55.8 Å². The summed E-state index contributed by atoms with van der Waals surface area (Å²) in [5.41, 5.74) is 1.53. The Morgan fingerprint density at radius 2 is 1.90 bits per heavy atom. The van der Waals surface area contributed by atoms with Crippen molar-refractivity contribution in [3.8, 4) is 11.5 Å². The van der Waals surface area contributed by atoms with Crippen LogP contribution in [0.2, 0.25) is 0 Å². The number of thiophene rings is 1. The summed E-state index contributed by atoms with van der Waals surface area (Å²) in [6.07, 6.45) is 1.46. The minimum Gasteiger partial charge on any atom is -0.497 e. The molecule has 1 heterocycles. The highest BCUT2D eigenvalue weighted by molar-refractivity contribution is 7.11. The Bertz CT molecular complexity index is 984. The van der Waals surface area contributed by atoms with E-state index >= 15 is 0 Å². The Morgan fingerprint density at radius 1 is 1.10 bits per heavy atom. The van der Waals surface area contributed by atoms with Gasteiger partial charge in [0.05, 0.1) is 19.2 Å². The van der Waals surface area contributed by atoms with Crippen molar-refractivity contribution in [1.82, 2.24) is 4.90 Å². The molecule has 0 N–H and O–H groups in total. The van der Waals surface area contributed by atoms with E-state index in [2.05, 4.69) is 31.2 Å². The molecule has 156 valence electrons. The van der Waals surface area contributed by atoms with Crippen molar-refractivity contribution >= 4 is 23.5 Å². The standard InChI is InChI=1S/C24H25NO4S/c1-18-8-10-22(30-18)15-25(13-12-19-6-4-3-5-7-19)24(27)17-29-23-11-9-21(28-2)14-20(23)16-26/h3-11,14,16H,12-13,15,17H2,1-2H3. The van der Waals surface area contributed by atoms with E-state index in [1.165, 1.54) is 17.6 Å². The zero-order valence-electron chi connectivity index (χ0n) is 17.2. The van der Waals surface area contributed by atoms with Crippen molar-refractivity contribution in [2.75, 3.05) is 20.3 Å². The lowest BCUT2D eigenvalue weighted by atomic mass is 10.1. The number of aryl methyl sites for hydroxylation is 1. The van der Waals surface area contributed by atoms with Crippen LogP contribution >= 0.6 is 11.3 Å². The van der Waals surface area contributed by atoms with E-state index < -0.39 is 0 Å². The van der Waals surface area contributed by atoms with Gasteiger partial charge in [0.15, 0.2) is 12.9 Å². The molecule has 0 unspecified atom stereocenters. The number of ether oxygens (including phenoxy) is 2. The van der Waals surface area contributed by atoms with Crippen LogP contribution in [-0.4, -0.2) is 37.4 Å². The first-order chi connectivity index (χ1) is 14.6. The second kappa shape index (κ2) is 10.6. The maximum absolute atomic E-state index is 13.0. The molecule has 5 nitrogen and oxygen atoms in total. The van der Waals surface area contributed by atoms with Crippen LogP contribution in [0, 0.1) is 6.92 Å². The number of nitrogens with zero attached hydrogens (tertiary/aromatic N) is 1. The summed E-state index contributed by atoms with van der Waals surface area (Å²) in [5.74, 6) is 0.812. The summed E-state index contributed by atoms with van der Waals surface area (Å²) in [6, 6.07) is 19.1. The minimum atomic E-state index is -0.133. The van der Waals surface area contributed by atoms with E-state index in [1.807, 2.05) is 23.1 Å². The average Bonchev–Trinajstić information content (AvgIpc) is 3.20. The molecule has 6 heteroatoms. The van der Waals surface area contributed by atoms with E-state index in [0.717, 1.165) is 11.3 Å². The predicted molar refractivity (Wildman–Crippen MR) is 118 cm³/mol. The van der Waals surface area contributed by atoms with Gasteiger partial charge >= 0.3 is 0 Å². The number of hydrogen-bond donors (Lipinski definition) is 0. The van der Waals surface area contributed by atoms with Gasteiger partial charge in [0.2, 0.25) is 0 Å². The highest BCUT2D eigenvalue weighted by Gasteiger charge is 2.17. The Labute approximate surface area is 180 Å². The molecule has 0 fully saturated rings. The molecule has 0 saturated heterocycles. The molecule has 0 atom stereocenters.